The van der Waals surface area contributed by atoms with E-state index in [1.165, 1.54) is 38.6 Å². The van der Waals surface area contributed by atoms with Gasteiger partial charge in [-0.1, -0.05) is 19.8 Å². The van der Waals surface area contributed by atoms with Crippen LogP contribution >= 0.6 is 0 Å². The monoisotopic (exact) mass is 169 g/mol. The molecule has 1 heteroatoms. The fourth-order valence-electron chi connectivity index (χ4n) is 2.36. The van der Waals surface area contributed by atoms with Gasteiger partial charge >= 0.3 is 0 Å². The first-order chi connectivity index (χ1) is 5.75. The zero-order chi connectivity index (χ0) is 8.97. The average Bonchev–Trinajstić information content (AvgIpc) is 2.51. The van der Waals surface area contributed by atoms with Crippen molar-refractivity contribution in [2.24, 2.45) is 0 Å². The maximum atomic E-state index is 2.69. The van der Waals surface area contributed by atoms with E-state index in [2.05, 4.69) is 25.7 Å². The van der Waals surface area contributed by atoms with Crippen LogP contribution in [0.25, 0.3) is 0 Å². The first-order valence-corrected chi connectivity index (χ1v) is 5.51. The lowest BCUT2D eigenvalue weighted by Crippen LogP contribution is -2.39. The summed E-state index contributed by atoms with van der Waals surface area (Å²) >= 11 is 0. The fourth-order valence-corrected chi connectivity index (χ4v) is 2.36. The normalized spacial score (nSPS) is 19.8. The molecule has 0 N–H and O–H groups in total. The Hall–Kier alpha value is -0.0400. The molecule has 0 radical (unpaired) electrons. The summed E-state index contributed by atoms with van der Waals surface area (Å²) in [5, 5.41) is 0. The summed E-state index contributed by atoms with van der Waals surface area (Å²) in [6, 6.07) is 1.65. The molecular formula is C11H23N. The van der Waals surface area contributed by atoms with Crippen LogP contribution < -0.4 is 0 Å². The molecule has 0 heterocycles. The summed E-state index contributed by atoms with van der Waals surface area (Å²) in [6.07, 6.45) is 7.10. The van der Waals surface area contributed by atoms with Gasteiger partial charge in [-0.3, -0.25) is 4.90 Å². The van der Waals surface area contributed by atoms with Crippen LogP contribution in [-0.2, 0) is 0 Å². The van der Waals surface area contributed by atoms with E-state index in [0.717, 1.165) is 12.1 Å². The minimum Gasteiger partial charge on any atom is -0.298 e. The Balaban J connectivity index is 2.40. The molecule has 0 spiro atoms. The summed E-state index contributed by atoms with van der Waals surface area (Å²) in [5.74, 6) is 0. The third-order valence-electron chi connectivity index (χ3n) is 2.94. The molecule has 0 bridgehead atoms. The van der Waals surface area contributed by atoms with Crippen LogP contribution in [0.4, 0.5) is 0 Å². The third kappa shape index (κ3) is 2.48. The second-order valence-electron chi connectivity index (χ2n) is 4.27. The second-order valence-corrected chi connectivity index (χ2v) is 4.27. The van der Waals surface area contributed by atoms with E-state index in [4.69, 9.17) is 0 Å². The summed E-state index contributed by atoms with van der Waals surface area (Å²) in [4.78, 5) is 2.69. The van der Waals surface area contributed by atoms with E-state index in [9.17, 15) is 0 Å². The lowest BCUT2D eigenvalue weighted by Gasteiger charge is -2.32. The van der Waals surface area contributed by atoms with Crippen molar-refractivity contribution in [2.75, 3.05) is 6.54 Å². The molecule has 1 rings (SSSR count). The van der Waals surface area contributed by atoms with Gasteiger partial charge in [0.2, 0.25) is 0 Å². The molecular weight excluding hydrogens is 146 g/mol. The minimum atomic E-state index is 0.744. The molecule has 0 atom stereocenters. The van der Waals surface area contributed by atoms with Crippen LogP contribution in [0.1, 0.15) is 52.9 Å². The predicted octanol–water partition coefficient (Wildman–Crippen LogP) is 3.05. The highest BCUT2D eigenvalue weighted by molar-refractivity contribution is 4.79. The zero-order valence-corrected chi connectivity index (χ0v) is 8.84. The van der Waals surface area contributed by atoms with Gasteiger partial charge in [-0.15, -0.1) is 0 Å². The first kappa shape index (κ1) is 10.0. The van der Waals surface area contributed by atoms with Gasteiger partial charge in [0, 0.05) is 12.1 Å². The van der Waals surface area contributed by atoms with Crippen molar-refractivity contribution >= 4 is 0 Å². The highest BCUT2D eigenvalue weighted by Crippen LogP contribution is 2.24. The molecule has 72 valence electrons. The van der Waals surface area contributed by atoms with Gasteiger partial charge in [-0.05, 0) is 39.7 Å². The highest BCUT2D eigenvalue weighted by atomic mass is 15.2. The number of nitrogens with zero attached hydrogens (tertiary/aromatic N) is 1. The van der Waals surface area contributed by atoms with E-state index in [0.29, 0.717) is 0 Å². The molecule has 1 nitrogen and oxygen atoms in total. The molecule has 0 saturated heterocycles. The third-order valence-corrected chi connectivity index (χ3v) is 2.94. The number of hydrogen-bond donors (Lipinski definition) is 0. The lowest BCUT2D eigenvalue weighted by molar-refractivity contribution is 0.155. The second kappa shape index (κ2) is 4.86. The summed E-state index contributed by atoms with van der Waals surface area (Å²) < 4.78 is 0. The van der Waals surface area contributed by atoms with E-state index in [-0.39, 0.29) is 0 Å². The molecule has 0 aliphatic heterocycles. The first-order valence-electron chi connectivity index (χ1n) is 5.51. The lowest BCUT2D eigenvalue weighted by atomic mass is 10.1. The minimum absolute atomic E-state index is 0.744. The molecule has 1 saturated carbocycles. The van der Waals surface area contributed by atoms with Crippen LogP contribution in [0.5, 0.6) is 0 Å². The molecule has 12 heavy (non-hydrogen) atoms. The van der Waals surface area contributed by atoms with Crippen LogP contribution in [0.15, 0.2) is 0 Å². The van der Waals surface area contributed by atoms with Gasteiger partial charge in [0.1, 0.15) is 0 Å². The van der Waals surface area contributed by atoms with Crippen molar-refractivity contribution in [3.63, 3.8) is 0 Å². The Morgan fingerprint density at radius 3 is 2.25 bits per heavy atom. The van der Waals surface area contributed by atoms with Crippen molar-refractivity contribution in [1.29, 1.82) is 0 Å². The van der Waals surface area contributed by atoms with E-state index >= 15 is 0 Å². The quantitative estimate of drug-likeness (QED) is 0.625. The predicted molar refractivity (Wildman–Crippen MR) is 54.4 cm³/mol. The largest absolute Gasteiger partial charge is 0.298 e. The summed E-state index contributed by atoms with van der Waals surface area (Å²) in [5.41, 5.74) is 0. The van der Waals surface area contributed by atoms with Crippen molar-refractivity contribution in [1.82, 2.24) is 4.90 Å². The van der Waals surface area contributed by atoms with Gasteiger partial charge in [-0.2, -0.15) is 0 Å². The Labute approximate surface area is 77.1 Å². The van der Waals surface area contributed by atoms with Crippen LogP contribution in [0, 0.1) is 0 Å². The van der Waals surface area contributed by atoms with Crippen LogP contribution in [-0.4, -0.2) is 23.5 Å². The molecule has 0 aromatic carbocycles. The van der Waals surface area contributed by atoms with Crippen LogP contribution in [0.2, 0.25) is 0 Å². The Morgan fingerprint density at radius 2 is 1.83 bits per heavy atom. The maximum Gasteiger partial charge on any atom is 0.00979 e. The Bertz CT molecular complexity index is 114. The van der Waals surface area contributed by atoms with Crippen molar-refractivity contribution in [3.05, 3.63) is 0 Å². The summed E-state index contributed by atoms with van der Waals surface area (Å²) in [7, 11) is 0. The SMILES string of the molecule is CCCN(C(C)C)C1CCCC1. The smallest absolute Gasteiger partial charge is 0.00979 e. The molecule has 0 aromatic heterocycles. The van der Waals surface area contributed by atoms with Gasteiger partial charge in [0.25, 0.3) is 0 Å². The van der Waals surface area contributed by atoms with E-state index < -0.39 is 0 Å². The number of rotatable bonds is 4. The van der Waals surface area contributed by atoms with Gasteiger partial charge in [0.15, 0.2) is 0 Å². The van der Waals surface area contributed by atoms with Crippen molar-refractivity contribution < 1.29 is 0 Å². The van der Waals surface area contributed by atoms with Gasteiger partial charge < -0.3 is 0 Å². The van der Waals surface area contributed by atoms with Crippen molar-refractivity contribution in [3.8, 4) is 0 Å². The molecule has 0 unspecified atom stereocenters. The average molecular weight is 169 g/mol. The number of hydrogen-bond acceptors (Lipinski definition) is 1. The molecule has 1 fully saturated rings. The topological polar surface area (TPSA) is 3.24 Å². The molecule has 0 amide bonds. The van der Waals surface area contributed by atoms with E-state index in [1.807, 2.05) is 0 Å². The maximum absolute atomic E-state index is 2.69. The Morgan fingerprint density at radius 1 is 1.25 bits per heavy atom. The molecule has 0 aromatic rings. The summed E-state index contributed by atoms with van der Waals surface area (Å²) in [6.45, 7) is 8.23. The highest BCUT2D eigenvalue weighted by Gasteiger charge is 2.23. The van der Waals surface area contributed by atoms with Gasteiger partial charge in [-0.25, -0.2) is 0 Å². The standard InChI is InChI=1S/C11H23N/c1-4-9-12(10(2)3)11-7-5-6-8-11/h10-11H,4-9H2,1-3H3. The molecule has 1 aliphatic rings. The van der Waals surface area contributed by atoms with Gasteiger partial charge in [0.05, 0.1) is 0 Å². The zero-order valence-electron chi connectivity index (χ0n) is 8.84. The van der Waals surface area contributed by atoms with Crippen molar-refractivity contribution in [2.45, 2.75) is 65.0 Å². The van der Waals surface area contributed by atoms with E-state index in [1.54, 1.807) is 0 Å². The fraction of sp³-hybridized carbons (Fsp3) is 1.00. The Kier molecular flexibility index (Phi) is 4.07. The van der Waals surface area contributed by atoms with Crippen LogP contribution in [0.3, 0.4) is 0 Å². The molecule has 1 aliphatic carbocycles.